The van der Waals surface area contributed by atoms with Gasteiger partial charge in [-0.3, -0.25) is 0 Å². The van der Waals surface area contributed by atoms with Gasteiger partial charge in [-0.15, -0.1) is 0 Å². The average molecular weight is 439 g/mol. The summed E-state index contributed by atoms with van der Waals surface area (Å²) in [6, 6.07) is 13.2. The average Bonchev–Trinajstić information content (AvgIpc) is 3.27. The van der Waals surface area contributed by atoms with Crippen LogP contribution in [0, 0.1) is 6.92 Å². The number of aromatic nitrogens is 4. The molecule has 0 atom stereocenters. The van der Waals surface area contributed by atoms with Crippen molar-refractivity contribution in [2.75, 3.05) is 0 Å². The number of halogens is 5. The third-order valence-electron chi connectivity index (χ3n) is 4.12. The summed E-state index contributed by atoms with van der Waals surface area (Å²) in [5.74, 6) is -0.235. The molecule has 0 aliphatic carbocycles. The van der Waals surface area contributed by atoms with Crippen molar-refractivity contribution in [3.8, 4) is 28.5 Å². The second-order valence-electron chi connectivity index (χ2n) is 6.19. The van der Waals surface area contributed by atoms with Gasteiger partial charge >= 0.3 is 6.18 Å². The minimum absolute atomic E-state index is 0.0726. The molecule has 4 aromatic rings. The van der Waals surface area contributed by atoms with Gasteiger partial charge in [0.05, 0.1) is 11.3 Å². The van der Waals surface area contributed by atoms with Gasteiger partial charge in [0.1, 0.15) is 5.15 Å². The molecule has 148 valence electrons. The number of benzene rings is 2. The summed E-state index contributed by atoms with van der Waals surface area (Å²) in [4.78, 5) is 4.10. The smallest absolute Gasteiger partial charge is 0.334 e. The van der Waals surface area contributed by atoms with Crippen molar-refractivity contribution in [1.29, 1.82) is 0 Å². The first-order chi connectivity index (χ1) is 13.7. The zero-order chi connectivity index (χ0) is 20.8. The number of hydrogen-bond donors (Lipinski definition) is 0. The summed E-state index contributed by atoms with van der Waals surface area (Å²) < 4.78 is 47.0. The minimum Gasteiger partial charge on any atom is -0.334 e. The Labute approximate surface area is 172 Å². The van der Waals surface area contributed by atoms with E-state index in [9.17, 15) is 13.2 Å². The fourth-order valence-electron chi connectivity index (χ4n) is 2.69. The Balaban J connectivity index is 1.85. The van der Waals surface area contributed by atoms with Gasteiger partial charge in [0.2, 0.25) is 5.82 Å². The van der Waals surface area contributed by atoms with Gasteiger partial charge in [-0.05, 0) is 43.3 Å². The zero-order valence-corrected chi connectivity index (χ0v) is 16.2. The molecule has 5 nitrogen and oxygen atoms in total. The Morgan fingerprint density at radius 2 is 1.62 bits per heavy atom. The molecule has 0 saturated heterocycles. The molecule has 29 heavy (non-hydrogen) atoms. The maximum Gasteiger partial charge on any atom is 0.435 e. The van der Waals surface area contributed by atoms with Crippen LogP contribution in [0.5, 0.6) is 0 Å². The van der Waals surface area contributed by atoms with E-state index in [4.69, 9.17) is 27.7 Å². The molecule has 2 aromatic heterocycles. The molecule has 0 fully saturated rings. The fourth-order valence-corrected chi connectivity index (χ4v) is 3.12. The van der Waals surface area contributed by atoms with Crippen LogP contribution < -0.4 is 0 Å². The number of rotatable bonds is 3. The van der Waals surface area contributed by atoms with Gasteiger partial charge < -0.3 is 4.52 Å². The van der Waals surface area contributed by atoms with Crippen LogP contribution >= 0.6 is 23.2 Å². The predicted octanol–water partition coefficient (Wildman–Crippen LogP) is 6.22. The van der Waals surface area contributed by atoms with Crippen molar-refractivity contribution >= 4 is 23.2 Å². The first kappa shape index (κ1) is 19.5. The first-order valence-electron chi connectivity index (χ1n) is 8.27. The molecule has 0 unspecified atom stereocenters. The van der Waals surface area contributed by atoms with Crippen LogP contribution in [0.4, 0.5) is 13.2 Å². The molecule has 0 saturated carbocycles. The monoisotopic (exact) mass is 438 g/mol. The van der Waals surface area contributed by atoms with Gasteiger partial charge in [0, 0.05) is 10.6 Å². The van der Waals surface area contributed by atoms with E-state index in [1.165, 1.54) is 24.3 Å². The van der Waals surface area contributed by atoms with Crippen molar-refractivity contribution in [1.82, 2.24) is 19.9 Å². The third-order valence-corrected chi connectivity index (χ3v) is 4.72. The highest BCUT2D eigenvalue weighted by Crippen LogP contribution is 2.41. The molecule has 4 rings (SSSR count). The topological polar surface area (TPSA) is 56.7 Å². The summed E-state index contributed by atoms with van der Waals surface area (Å²) >= 11 is 12.1. The van der Waals surface area contributed by atoms with Crippen LogP contribution in [0.15, 0.2) is 53.1 Å². The Bertz CT molecular complexity index is 1170. The molecule has 10 heteroatoms. The molecular weight excluding hydrogens is 428 g/mol. The number of nitrogens with zero attached hydrogens (tertiary/aromatic N) is 4. The largest absolute Gasteiger partial charge is 0.435 e. The van der Waals surface area contributed by atoms with Gasteiger partial charge in [-0.1, -0.05) is 46.1 Å². The third kappa shape index (κ3) is 3.73. The Morgan fingerprint density at radius 1 is 0.966 bits per heavy atom. The van der Waals surface area contributed by atoms with E-state index in [0.717, 1.165) is 10.2 Å². The van der Waals surface area contributed by atoms with Gasteiger partial charge in [-0.2, -0.15) is 23.3 Å². The molecular formula is C19H11Cl2F3N4O. The van der Waals surface area contributed by atoms with E-state index < -0.39 is 17.4 Å². The SMILES string of the molecule is Cc1ccc(-c2nc(-c3c(C(F)(F)F)nn(-c4ccc(Cl)cc4)c3Cl)no2)cc1. The predicted molar refractivity (Wildman–Crippen MR) is 102 cm³/mol. The highest BCUT2D eigenvalue weighted by Gasteiger charge is 2.41. The molecule has 0 spiro atoms. The molecule has 0 aliphatic heterocycles. The Morgan fingerprint density at radius 3 is 2.24 bits per heavy atom. The van der Waals surface area contributed by atoms with Crippen molar-refractivity contribution < 1.29 is 17.7 Å². The second kappa shape index (κ2) is 7.20. The quantitative estimate of drug-likeness (QED) is 0.380. The van der Waals surface area contributed by atoms with E-state index in [0.29, 0.717) is 16.3 Å². The lowest BCUT2D eigenvalue weighted by atomic mass is 10.1. The number of hydrogen-bond acceptors (Lipinski definition) is 4. The van der Waals surface area contributed by atoms with Gasteiger partial charge in [-0.25, -0.2) is 4.68 Å². The van der Waals surface area contributed by atoms with Crippen LogP contribution in [0.3, 0.4) is 0 Å². The maximum absolute atomic E-state index is 13.6. The minimum atomic E-state index is -4.78. The highest BCUT2D eigenvalue weighted by molar-refractivity contribution is 6.32. The van der Waals surface area contributed by atoms with Crippen LogP contribution in [-0.4, -0.2) is 19.9 Å². The van der Waals surface area contributed by atoms with E-state index >= 15 is 0 Å². The maximum atomic E-state index is 13.6. The highest BCUT2D eigenvalue weighted by atomic mass is 35.5. The fraction of sp³-hybridized carbons (Fsp3) is 0.105. The normalized spacial score (nSPS) is 11.8. The van der Waals surface area contributed by atoms with Crippen molar-refractivity contribution in [2.45, 2.75) is 13.1 Å². The van der Waals surface area contributed by atoms with Crippen LogP contribution in [-0.2, 0) is 6.18 Å². The van der Waals surface area contributed by atoms with E-state index in [2.05, 4.69) is 15.2 Å². The van der Waals surface area contributed by atoms with Gasteiger partial charge in [0.25, 0.3) is 5.89 Å². The molecule has 0 radical (unpaired) electrons. The first-order valence-corrected chi connectivity index (χ1v) is 9.02. The summed E-state index contributed by atoms with van der Waals surface area (Å²) in [5, 5.41) is 7.47. The van der Waals surface area contributed by atoms with E-state index in [1.807, 2.05) is 19.1 Å². The van der Waals surface area contributed by atoms with Crippen LogP contribution in [0.25, 0.3) is 28.5 Å². The van der Waals surface area contributed by atoms with Crippen LogP contribution in [0.1, 0.15) is 11.3 Å². The van der Waals surface area contributed by atoms with Gasteiger partial charge in [0.15, 0.2) is 5.69 Å². The lowest BCUT2D eigenvalue weighted by Gasteiger charge is -2.03. The van der Waals surface area contributed by atoms with E-state index in [-0.39, 0.29) is 16.9 Å². The molecule has 0 N–H and O–H groups in total. The Hall–Kier alpha value is -2.84. The molecule has 0 aliphatic rings. The Kier molecular flexibility index (Phi) is 4.84. The summed E-state index contributed by atoms with van der Waals surface area (Å²) in [6.45, 7) is 1.91. The lowest BCUT2D eigenvalue weighted by Crippen LogP contribution is -2.09. The van der Waals surface area contributed by atoms with Crippen molar-refractivity contribution in [3.63, 3.8) is 0 Å². The molecule has 2 heterocycles. The molecule has 2 aromatic carbocycles. The van der Waals surface area contributed by atoms with Crippen molar-refractivity contribution in [3.05, 3.63) is 70.0 Å². The van der Waals surface area contributed by atoms with Crippen molar-refractivity contribution in [2.24, 2.45) is 0 Å². The summed E-state index contributed by atoms with van der Waals surface area (Å²) in [5.41, 5.74) is 0.215. The van der Waals surface area contributed by atoms with E-state index in [1.54, 1.807) is 12.1 Å². The standard InChI is InChI=1S/C19H11Cl2F3N4O/c1-10-2-4-11(5-3-10)18-25-17(27-29-18)14-15(19(22,23)24)26-28(16(14)21)13-8-6-12(20)7-9-13/h2-9H,1H3. The number of alkyl halides is 3. The number of aryl methyl sites for hydroxylation is 1. The zero-order valence-electron chi connectivity index (χ0n) is 14.7. The van der Waals surface area contributed by atoms with Crippen LogP contribution in [0.2, 0.25) is 10.2 Å². The lowest BCUT2D eigenvalue weighted by molar-refractivity contribution is -0.140. The second-order valence-corrected chi connectivity index (χ2v) is 6.98. The summed E-state index contributed by atoms with van der Waals surface area (Å²) in [7, 11) is 0. The molecule has 0 bridgehead atoms. The summed E-state index contributed by atoms with van der Waals surface area (Å²) in [6.07, 6.45) is -4.78. The molecule has 0 amide bonds.